The first-order chi connectivity index (χ1) is 8.92. The minimum absolute atomic E-state index is 0.710. The summed E-state index contributed by atoms with van der Waals surface area (Å²) in [6.45, 7) is 0. The van der Waals surface area contributed by atoms with Crippen molar-refractivity contribution in [3.63, 3.8) is 0 Å². The second kappa shape index (κ2) is 3.36. The zero-order valence-electron chi connectivity index (χ0n) is 9.28. The van der Waals surface area contributed by atoms with Crippen LogP contribution in [-0.4, -0.2) is 29.5 Å². The van der Waals surface area contributed by atoms with Crippen LogP contribution < -0.4 is 0 Å². The summed E-state index contributed by atoms with van der Waals surface area (Å²) in [4.78, 5) is 20.0. The largest absolute Gasteiger partial charge is 0.343 e. The SMILES string of the molecule is c1cnc2c(ccn2-c2cnc3nc[nH]c3c2)n1. The molecule has 0 fully saturated rings. The number of fused-ring (bicyclic) bond motifs is 2. The molecule has 0 aliphatic heterocycles. The molecule has 0 radical (unpaired) electrons. The maximum absolute atomic E-state index is 4.33. The summed E-state index contributed by atoms with van der Waals surface area (Å²) < 4.78 is 1.95. The monoisotopic (exact) mass is 236 g/mol. The molecule has 0 amide bonds. The zero-order valence-corrected chi connectivity index (χ0v) is 9.28. The molecular formula is C12H8N6. The number of hydrogen-bond acceptors (Lipinski definition) is 4. The topological polar surface area (TPSA) is 72.3 Å². The first-order valence-corrected chi connectivity index (χ1v) is 5.49. The van der Waals surface area contributed by atoms with Gasteiger partial charge in [0.2, 0.25) is 0 Å². The predicted molar refractivity (Wildman–Crippen MR) is 66.3 cm³/mol. The van der Waals surface area contributed by atoms with Gasteiger partial charge in [0.15, 0.2) is 11.3 Å². The Hall–Kier alpha value is -2.76. The van der Waals surface area contributed by atoms with E-state index in [2.05, 4.69) is 24.9 Å². The van der Waals surface area contributed by atoms with Gasteiger partial charge in [-0.25, -0.2) is 15.0 Å². The number of H-pyrrole nitrogens is 1. The van der Waals surface area contributed by atoms with Crippen LogP contribution in [-0.2, 0) is 0 Å². The number of aromatic amines is 1. The van der Waals surface area contributed by atoms with Crippen molar-refractivity contribution in [1.82, 2.24) is 29.5 Å². The van der Waals surface area contributed by atoms with Gasteiger partial charge < -0.3 is 4.98 Å². The lowest BCUT2D eigenvalue weighted by atomic mass is 10.4. The molecule has 0 aromatic carbocycles. The first-order valence-electron chi connectivity index (χ1n) is 5.49. The van der Waals surface area contributed by atoms with Crippen LogP contribution in [0.3, 0.4) is 0 Å². The zero-order chi connectivity index (χ0) is 11.9. The lowest BCUT2D eigenvalue weighted by Crippen LogP contribution is -1.95. The van der Waals surface area contributed by atoms with E-state index in [1.54, 1.807) is 24.9 Å². The van der Waals surface area contributed by atoms with Crippen LogP contribution >= 0.6 is 0 Å². The summed E-state index contributed by atoms with van der Waals surface area (Å²) in [5.74, 6) is 0. The van der Waals surface area contributed by atoms with E-state index >= 15 is 0 Å². The van der Waals surface area contributed by atoms with Crippen LogP contribution in [0.25, 0.3) is 28.0 Å². The third-order valence-corrected chi connectivity index (χ3v) is 2.85. The Morgan fingerprint density at radius 1 is 1.06 bits per heavy atom. The molecule has 6 nitrogen and oxygen atoms in total. The van der Waals surface area contributed by atoms with Gasteiger partial charge in [-0.1, -0.05) is 0 Å². The molecule has 4 aromatic heterocycles. The molecule has 0 bridgehead atoms. The second-order valence-corrected chi connectivity index (χ2v) is 3.92. The molecule has 0 aliphatic carbocycles. The van der Waals surface area contributed by atoms with Gasteiger partial charge in [0.25, 0.3) is 0 Å². The molecule has 6 heteroatoms. The van der Waals surface area contributed by atoms with Crippen molar-refractivity contribution in [2.24, 2.45) is 0 Å². The molecule has 0 saturated carbocycles. The van der Waals surface area contributed by atoms with Crippen LogP contribution in [0.5, 0.6) is 0 Å². The fraction of sp³-hybridized carbons (Fsp3) is 0. The molecular weight excluding hydrogens is 228 g/mol. The molecule has 86 valence electrons. The van der Waals surface area contributed by atoms with Gasteiger partial charge in [0.05, 0.1) is 23.7 Å². The van der Waals surface area contributed by atoms with Crippen LogP contribution in [0.15, 0.2) is 43.2 Å². The number of aromatic nitrogens is 6. The van der Waals surface area contributed by atoms with Gasteiger partial charge in [-0.2, -0.15) is 0 Å². The van der Waals surface area contributed by atoms with Gasteiger partial charge in [0, 0.05) is 18.6 Å². The highest BCUT2D eigenvalue weighted by atomic mass is 15.1. The molecule has 0 aliphatic rings. The summed E-state index contributed by atoms with van der Waals surface area (Å²) in [5, 5.41) is 0. The quantitative estimate of drug-likeness (QED) is 0.546. The van der Waals surface area contributed by atoms with Crippen LogP contribution in [0.2, 0.25) is 0 Å². The number of hydrogen-bond donors (Lipinski definition) is 1. The minimum Gasteiger partial charge on any atom is -0.343 e. The first kappa shape index (κ1) is 9.29. The van der Waals surface area contributed by atoms with Crippen molar-refractivity contribution in [2.75, 3.05) is 0 Å². The minimum atomic E-state index is 0.710. The molecule has 4 rings (SSSR count). The Morgan fingerprint density at radius 3 is 3.00 bits per heavy atom. The molecule has 0 spiro atoms. The summed E-state index contributed by atoms with van der Waals surface area (Å²) >= 11 is 0. The summed E-state index contributed by atoms with van der Waals surface area (Å²) in [5.41, 5.74) is 4.22. The lowest BCUT2D eigenvalue weighted by molar-refractivity contribution is 1.07. The number of nitrogens with one attached hydrogen (secondary N) is 1. The molecule has 0 unspecified atom stereocenters. The van der Waals surface area contributed by atoms with E-state index < -0.39 is 0 Å². The standard InChI is InChI=1S/C12H8N6/c1-4-18(12-9(1)13-2-3-14-12)8-5-10-11(15-6-8)17-7-16-10/h1-7H,(H,15,16,17). The Bertz CT molecular complexity index is 844. The fourth-order valence-electron chi connectivity index (χ4n) is 2.02. The van der Waals surface area contributed by atoms with Crippen molar-refractivity contribution in [3.05, 3.63) is 43.2 Å². The van der Waals surface area contributed by atoms with E-state index in [1.807, 2.05) is 22.9 Å². The normalized spacial score (nSPS) is 11.3. The van der Waals surface area contributed by atoms with Gasteiger partial charge in [-0.05, 0) is 12.1 Å². The van der Waals surface area contributed by atoms with Crippen LogP contribution in [0, 0.1) is 0 Å². The van der Waals surface area contributed by atoms with E-state index in [4.69, 9.17) is 0 Å². The van der Waals surface area contributed by atoms with Crippen molar-refractivity contribution in [3.8, 4) is 5.69 Å². The molecule has 1 N–H and O–H groups in total. The summed E-state index contributed by atoms with van der Waals surface area (Å²) in [7, 11) is 0. The third kappa shape index (κ3) is 1.22. The van der Waals surface area contributed by atoms with Gasteiger partial charge >= 0.3 is 0 Å². The van der Waals surface area contributed by atoms with Gasteiger partial charge in [-0.3, -0.25) is 9.55 Å². The Balaban J connectivity index is 2.00. The van der Waals surface area contributed by atoms with E-state index in [0.29, 0.717) is 5.65 Å². The van der Waals surface area contributed by atoms with Gasteiger partial charge in [0.1, 0.15) is 5.52 Å². The Labute approximate surface area is 101 Å². The number of pyridine rings is 1. The highest BCUT2D eigenvalue weighted by molar-refractivity contribution is 5.76. The number of imidazole rings is 1. The highest BCUT2D eigenvalue weighted by Crippen LogP contribution is 2.18. The van der Waals surface area contributed by atoms with Crippen molar-refractivity contribution in [2.45, 2.75) is 0 Å². The summed E-state index contributed by atoms with van der Waals surface area (Å²) in [6, 6.07) is 3.92. The van der Waals surface area contributed by atoms with Crippen LogP contribution in [0.1, 0.15) is 0 Å². The summed E-state index contributed by atoms with van der Waals surface area (Å²) in [6.07, 6.45) is 8.71. The van der Waals surface area contributed by atoms with E-state index in [9.17, 15) is 0 Å². The lowest BCUT2D eigenvalue weighted by Gasteiger charge is -2.03. The van der Waals surface area contributed by atoms with E-state index in [1.165, 1.54) is 0 Å². The maximum Gasteiger partial charge on any atom is 0.177 e. The number of rotatable bonds is 1. The smallest absolute Gasteiger partial charge is 0.177 e. The van der Waals surface area contributed by atoms with Crippen molar-refractivity contribution >= 4 is 22.3 Å². The van der Waals surface area contributed by atoms with E-state index in [-0.39, 0.29) is 0 Å². The average Bonchev–Trinajstić information content (AvgIpc) is 3.04. The molecule has 4 heterocycles. The van der Waals surface area contributed by atoms with E-state index in [0.717, 1.165) is 22.4 Å². The molecule has 0 saturated heterocycles. The third-order valence-electron chi connectivity index (χ3n) is 2.85. The predicted octanol–water partition coefficient (Wildman–Crippen LogP) is 1.69. The maximum atomic E-state index is 4.33. The average molecular weight is 236 g/mol. The Kier molecular flexibility index (Phi) is 1.74. The van der Waals surface area contributed by atoms with Gasteiger partial charge in [-0.15, -0.1) is 0 Å². The second-order valence-electron chi connectivity index (χ2n) is 3.92. The molecule has 0 atom stereocenters. The highest BCUT2D eigenvalue weighted by Gasteiger charge is 2.06. The fourth-order valence-corrected chi connectivity index (χ4v) is 2.02. The number of nitrogens with zero attached hydrogens (tertiary/aromatic N) is 5. The van der Waals surface area contributed by atoms with Crippen molar-refractivity contribution in [1.29, 1.82) is 0 Å². The van der Waals surface area contributed by atoms with Crippen LogP contribution in [0.4, 0.5) is 0 Å². The van der Waals surface area contributed by atoms with Crippen molar-refractivity contribution < 1.29 is 0 Å². The molecule has 4 aromatic rings. The molecule has 18 heavy (non-hydrogen) atoms. The Morgan fingerprint density at radius 2 is 2.00 bits per heavy atom.